The largest absolute Gasteiger partial charge is 0.397 e. The average Bonchev–Trinajstić information content (AvgIpc) is 2.16. The zero-order valence-electron chi connectivity index (χ0n) is 8.37. The highest BCUT2D eigenvalue weighted by Crippen LogP contribution is 2.22. The number of anilines is 2. The minimum absolute atomic E-state index is 0.216. The molecular formula is C10H14F2N2O. The van der Waals surface area contributed by atoms with Gasteiger partial charge in [-0.05, 0) is 18.6 Å². The van der Waals surface area contributed by atoms with Crippen LogP contribution in [0.3, 0.4) is 0 Å². The summed E-state index contributed by atoms with van der Waals surface area (Å²) in [5.74, 6) is 0. The molecule has 84 valence electrons. The number of nitrogens with one attached hydrogen (secondary N) is 1. The molecule has 0 amide bonds. The first-order valence-corrected chi connectivity index (χ1v) is 4.57. The Bertz CT molecular complexity index is 311. The fraction of sp³-hybridized carbons (Fsp3) is 0.400. The number of hydrogen-bond acceptors (Lipinski definition) is 3. The van der Waals surface area contributed by atoms with Gasteiger partial charge >= 0.3 is 0 Å². The van der Waals surface area contributed by atoms with Gasteiger partial charge in [-0.15, -0.1) is 0 Å². The number of rotatable bonds is 4. The first-order valence-electron chi connectivity index (χ1n) is 4.57. The summed E-state index contributed by atoms with van der Waals surface area (Å²) in [6.07, 6.45) is -4.42. The Balaban J connectivity index is 2.65. The fourth-order valence-electron chi connectivity index (χ4n) is 1.23. The lowest BCUT2D eigenvalue weighted by Gasteiger charge is -2.15. The van der Waals surface area contributed by atoms with Gasteiger partial charge in [-0.1, -0.05) is 12.1 Å². The van der Waals surface area contributed by atoms with E-state index in [0.29, 0.717) is 11.4 Å². The van der Waals surface area contributed by atoms with Gasteiger partial charge in [0, 0.05) is 6.54 Å². The molecule has 0 aliphatic carbocycles. The van der Waals surface area contributed by atoms with Crippen molar-refractivity contribution in [2.24, 2.45) is 0 Å². The lowest BCUT2D eigenvalue weighted by atomic mass is 10.1. The predicted molar refractivity (Wildman–Crippen MR) is 56.1 cm³/mol. The lowest BCUT2D eigenvalue weighted by Crippen LogP contribution is -2.27. The highest BCUT2D eigenvalue weighted by molar-refractivity contribution is 5.69. The molecule has 1 unspecified atom stereocenters. The van der Waals surface area contributed by atoms with Crippen LogP contribution in [0.5, 0.6) is 0 Å². The Morgan fingerprint density at radius 2 is 2.13 bits per heavy atom. The molecule has 15 heavy (non-hydrogen) atoms. The normalized spacial score (nSPS) is 12.9. The van der Waals surface area contributed by atoms with Crippen LogP contribution in [-0.2, 0) is 0 Å². The van der Waals surface area contributed by atoms with Crippen LogP contribution < -0.4 is 11.1 Å². The quantitative estimate of drug-likeness (QED) is 0.670. The van der Waals surface area contributed by atoms with Crippen molar-refractivity contribution in [3.63, 3.8) is 0 Å². The SMILES string of the molecule is Cc1cccc(N)c1NCC(O)C(F)F. The van der Waals surface area contributed by atoms with Crippen LogP contribution in [-0.4, -0.2) is 24.2 Å². The summed E-state index contributed by atoms with van der Waals surface area (Å²) in [5.41, 5.74) is 7.59. The first kappa shape index (κ1) is 11.7. The molecule has 0 fully saturated rings. The number of benzene rings is 1. The van der Waals surface area contributed by atoms with E-state index in [0.717, 1.165) is 5.56 Å². The standard InChI is InChI=1S/C10H14F2N2O/c1-6-3-2-4-7(13)9(6)14-5-8(15)10(11)12/h2-4,8,10,14-15H,5,13H2,1H3. The number of aliphatic hydroxyl groups is 1. The van der Waals surface area contributed by atoms with Crippen molar-refractivity contribution in [2.45, 2.75) is 19.5 Å². The molecule has 1 aromatic rings. The highest BCUT2D eigenvalue weighted by Gasteiger charge is 2.16. The Labute approximate surface area is 86.9 Å². The third-order valence-electron chi connectivity index (χ3n) is 2.08. The van der Waals surface area contributed by atoms with Gasteiger partial charge in [0.2, 0.25) is 0 Å². The Morgan fingerprint density at radius 1 is 1.47 bits per heavy atom. The van der Waals surface area contributed by atoms with E-state index in [-0.39, 0.29) is 6.54 Å². The van der Waals surface area contributed by atoms with Gasteiger partial charge in [-0.25, -0.2) is 8.78 Å². The van der Waals surface area contributed by atoms with Gasteiger partial charge in [-0.3, -0.25) is 0 Å². The second-order valence-electron chi connectivity index (χ2n) is 3.32. The van der Waals surface area contributed by atoms with Gasteiger partial charge in [0.15, 0.2) is 0 Å². The molecular weight excluding hydrogens is 202 g/mol. The average molecular weight is 216 g/mol. The molecule has 0 bridgehead atoms. The molecule has 5 heteroatoms. The van der Waals surface area contributed by atoms with Gasteiger partial charge < -0.3 is 16.2 Å². The molecule has 1 atom stereocenters. The topological polar surface area (TPSA) is 58.3 Å². The summed E-state index contributed by atoms with van der Waals surface area (Å²) in [4.78, 5) is 0. The zero-order valence-corrected chi connectivity index (χ0v) is 8.37. The van der Waals surface area contributed by atoms with Crippen molar-refractivity contribution in [1.82, 2.24) is 0 Å². The first-order chi connectivity index (χ1) is 7.02. The molecule has 3 nitrogen and oxygen atoms in total. The van der Waals surface area contributed by atoms with Crippen molar-refractivity contribution < 1.29 is 13.9 Å². The maximum Gasteiger partial charge on any atom is 0.265 e. The second-order valence-corrected chi connectivity index (χ2v) is 3.32. The van der Waals surface area contributed by atoms with Gasteiger partial charge in [0.25, 0.3) is 6.43 Å². The Morgan fingerprint density at radius 3 is 2.67 bits per heavy atom. The maximum atomic E-state index is 12.0. The number of halogens is 2. The van der Waals surface area contributed by atoms with Crippen LogP contribution in [0.2, 0.25) is 0 Å². The summed E-state index contributed by atoms with van der Waals surface area (Å²) < 4.78 is 24.0. The van der Waals surface area contributed by atoms with E-state index in [9.17, 15) is 8.78 Å². The summed E-state index contributed by atoms with van der Waals surface area (Å²) in [5, 5.41) is 11.6. The number of nitrogens with two attached hydrogens (primary N) is 1. The van der Waals surface area contributed by atoms with Crippen LogP contribution in [0.1, 0.15) is 5.56 Å². The van der Waals surface area contributed by atoms with Crippen LogP contribution in [0.25, 0.3) is 0 Å². The molecule has 0 aliphatic rings. The smallest absolute Gasteiger partial charge is 0.265 e. The van der Waals surface area contributed by atoms with E-state index in [1.165, 1.54) is 0 Å². The van der Waals surface area contributed by atoms with Crippen LogP contribution >= 0.6 is 0 Å². The molecule has 0 spiro atoms. The van der Waals surface area contributed by atoms with Crippen molar-refractivity contribution >= 4 is 11.4 Å². The van der Waals surface area contributed by atoms with Crippen LogP contribution in [0.15, 0.2) is 18.2 Å². The van der Waals surface area contributed by atoms with Crippen molar-refractivity contribution in [2.75, 3.05) is 17.6 Å². The van der Waals surface area contributed by atoms with E-state index in [1.54, 1.807) is 12.1 Å². The number of aliphatic hydroxyl groups excluding tert-OH is 1. The van der Waals surface area contributed by atoms with Crippen molar-refractivity contribution in [3.05, 3.63) is 23.8 Å². The summed E-state index contributed by atoms with van der Waals surface area (Å²) >= 11 is 0. The van der Waals surface area contributed by atoms with Gasteiger partial charge in [0.1, 0.15) is 6.10 Å². The molecule has 0 radical (unpaired) electrons. The lowest BCUT2D eigenvalue weighted by molar-refractivity contribution is 0.00385. The molecule has 0 saturated carbocycles. The van der Waals surface area contributed by atoms with Gasteiger partial charge in [0.05, 0.1) is 11.4 Å². The predicted octanol–water partition coefficient (Wildman–Crippen LogP) is 1.62. The van der Waals surface area contributed by atoms with Crippen LogP contribution in [0, 0.1) is 6.92 Å². The molecule has 0 saturated heterocycles. The third kappa shape index (κ3) is 3.06. The third-order valence-corrected chi connectivity index (χ3v) is 2.08. The van der Waals surface area contributed by atoms with Crippen LogP contribution in [0.4, 0.5) is 20.2 Å². The monoisotopic (exact) mass is 216 g/mol. The van der Waals surface area contributed by atoms with E-state index < -0.39 is 12.5 Å². The molecule has 0 heterocycles. The Kier molecular flexibility index (Phi) is 3.85. The second kappa shape index (κ2) is 4.93. The number of hydrogen-bond donors (Lipinski definition) is 3. The van der Waals surface area contributed by atoms with E-state index in [1.807, 2.05) is 13.0 Å². The number of aryl methyl sites for hydroxylation is 1. The molecule has 1 aromatic carbocycles. The fourth-order valence-corrected chi connectivity index (χ4v) is 1.23. The molecule has 0 aliphatic heterocycles. The summed E-state index contributed by atoms with van der Waals surface area (Å²) in [6, 6.07) is 5.26. The molecule has 4 N–H and O–H groups in total. The van der Waals surface area contributed by atoms with E-state index >= 15 is 0 Å². The van der Waals surface area contributed by atoms with Crippen molar-refractivity contribution in [1.29, 1.82) is 0 Å². The zero-order chi connectivity index (χ0) is 11.4. The maximum absolute atomic E-state index is 12.0. The molecule has 0 aromatic heterocycles. The summed E-state index contributed by atoms with van der Waals surface area (Å²) in [6.45, 7) is 1.60. The highest BCUT2D eigenvalue weighted by atomic mass is 19.3. The molecule has 1 rings (SSSR count). The van der Waals surface area contributed by atoms with Gasteiger partial charge in [-0.2, -0.15) is 0 Å². The Hall–Kier alpha value is -1.36. The van der Waals surface area contributed by atoms with E-state index in [4.69, 9.17) is 10.8 Å². The summed E-state index contributed by atoms with van der Waals surface area (Å²) in [7, 11) is 0. The minimum atomic E-state index is -2.75. The minimum Gasteiger partial charge on any atom is -0.397 e. The number of alkyl halides is 2. The van der Waals surface area contributed by atoms with E-state index in [2.05, 4.69) is 5.32 Å². The van der Waals surface area contributed by atoms with Crippen molar-refractivity contribution in [3.8, 4) is 0 Å². The number of nitrogen functional groups attached to an aromatic ring is 1. The number of para-hydroxylation sites is 1.